The van der Waals surface area contributed by atoms with Crippen LogP contribution in [0.5, 0.6) is 0 Å². The minimum atomic E-state index is 0.0776. The fourth-order valence-corrected chi connectivity index (χ4v) is 3.72. The van der Waals surface area contributed by atoms with Crippen molar-refractivity contribution >= 4 is 17.3 Å². The van der Waals surface area contributed by atoms with Gasteiger partial charge < -0.3 is 10.6 Å². The molecule has 0 amide bonds. The van der Waals surface area contributed by atoms with E-state index < -0.39 is 0 Å². The van der Waals surface area contributed by atoms with Crippen LogP contribution < -0.4 is 10.6 Å². The second kappa shape index (κ2) is 9.69. The molecule has 0 spiro atoms. The summed E-state index contributed by atoms with van der Waals surface area (Å²) in [5.74, 6) is 0.827. The second-order valence-electron chi connectivity index (χ2n) is 7.87. The molecule has 154 valence electrons. The summed E-state index contributed by atoms with van der Waals surface area (Å²) in [5, 5.41) is 14.2. The quantitative estimate of drug-likeness (QED) is 0.458. The summed E-state index contributed by atoms with van der Waals surface area (Å²) >= 11 is 1.68. The average molecular weight is 411 g/mol. The van der Waals surface area contributed by atoms with Crippen molar-refractivity contribution in [2.45, 2.75) is 46.1 Å². The Labute approximate surface area is 177 Å². The van der Waals surface area contributed by atoms with Gasteiger partial charge in [0, 0.05) is 36.3 Å². The number of hydrogen-bond donors (Lipinski definition) is 2. The fraction of sp³-hybridized carbons (Fsp3) is 0.409. The molecular formula is C22H30N6S. The molecule has 1 aromatic carbocycles. The van der Waals surface area contributed by atoms with Crippen LogP contribution in [0.2, 0.25) is 0 Å². The third-order valence-corrected chi connectivity index (χ3v) is 5.28. The molecule has 0 aliphatic heterocycles. The van der Waals surface area contributed by atoms with Crippen LogP contribution in [0.1, 0.15) is 44.0 Å². The first-order valence-corrected chi connectivity index (χ1v) is 10.9. The second-order valence-corrected chi connectivity index (χ2v) is 8.81. The summed E-state index contributed by atoms with van der Waals surface area (Å²) in [7, 11) is 0. The van der Waals surface area contributed by atoms with Crippen LogP contribution in [-0.4, -0.2) is 33.8 Å². The molecule has 0 atom stereocenters. The molecule has 0 aliphatic carbocycles. The maximum Gasteiger partial charge on any atom is 0.191 e. The fourth-order valence-electron chi connectivity index (χ4n) is 2.78. The van der Waals surface area contributed by atoms with E-state index in [1.807, 2.05) is 16.9 Å². The Bertz CT molecular complexity index is 904. The Morgan fingerprint density at radius 1 is 1.17 bits per heavy atom. The maximum absolute atomic E-state index is 4.72. The van der Waals surface area contributed by atoms with Gasteiger partial charge in [0.05, 0.1) is 17.9 Å². The summed E-state index contributed by atoms with van der Waals surface area (Å²) < 4.78 is 1.86. The first kappa shape index (κ1) is 21.0. The topological polar surface area (TPSA) is 67.1 Å². The number of nitrogens with one attached hydrogen (secondary N) is 2. The zero-order valence-electron chi connectivity index (χ0n) is 17.6. The molecule has 3 rings (SSSR count). The van der Waals surface area contributed by atoms with Crippen LogP contribution in [0.4, 0.5) is 0 Å². The van der Waals surface area contributed by atoms with Gasteiger partial charge in [-0.25, -0.2) is 14.7 Å². The highest BCUT2D eigenvalue weighted by atomic mass is 32.1. The lowest BCUT2D eigenvalue weighted by molar-refractivity contribution is 0.571. The van der Waals surface area contributed by atoms with Gasteiger partial charge >= 0.3 is 0 Å². The Balaban J connectivity index is 1.52. The molecule has 0 bridgehead atoms. The average Bonchev–Trinajstić information content (AvgIpc) is 3.38. The molecular weight excluding hydrogens is 380 g/mol. The molecule has 7 heteroatoms. The van der Waals surface area contributed by atoms with Gasteiger partial charge in [0.1, 0.15) is 5.01 Å². The highest BCUT2D eigenvalue weighted by Gasteiger charge is 2.17. The van der Waals surface area contributed by atoms with Gasteiger partial charge in [-0.05, 0) is 37.1 Å². The number of hydrogen-bond acceptors (Lipinski definition) is 4. The number of nitrogens with zero attached hydrogens (tertiary/aromatic N) is 4. The lowest BCUT2D eigenvalue weighted by Crippen LogP contribution is -2.38. The highest BCUT2D eigenvalue weighted by Crippen LogP contribution is 2.24. The molecule has 2 aromatic heterocycles. The van der Waals surface area contributed by atoms with Gasteiger partial charge in [0.15, 0.2) is 5.96 Å². The first-order chi connectivity index (χ1) is 14.0. The van der Waals surface area contributed by atoms with Gasteiger partial charge in [-0.1, -0.05) is 32.9 Å². The Hall–Kier alpha value is -2.67. The largest absolute Gasteiger partial charge is 0.357 e. The van der Waals surface area contributed by atoms with Crippen molar-refractivity contribution in [2.24, 2.45) is 4.99 Å². The third-order valence-electron chi connectivity index (χ3n) is 4.45. The van der Waals surface area contributed by atoms with Crippen LogP contribution in [0, 0.1) is 0 Å². The molecule has 0 unspecified atom stereocenters. The molecule has 29 heavy (non-hydrogen) atoms. The molecule has 3 aromatic rings. The molecule has 0 saturated carbocycles. The zero-order valence-corrected chi connectivity index (χ0v) is 18.5. The van der Waals surface area contributed by atoms with E-state index in [-0.39, 0.29) is 5.41 Å². The van der Waals surface area contributed by atoms with Crippen LogP contribution in [0.3, 0.4) is 0 Å². The van der Waals surface area contributed by atoms with Crippen LogP contribution in [0.25, 0.3) is 5.69 Å². The van der Waals surface area contributed by atoms with E-state index >= 15 is 0 Å². The lowest BCUT2D eigenvalue weighted by atomic mass is 9.93. The lowest BCUT2D eigenvalue weighted by Gasteiger charge is -2.14. The maximum atomic E-state index is 4.72. The SMILES string of the molecule is CCNC(=NCc1nc(C(C)(C)C)cs1)NCCc1ccc(-n2cccn2)cc1. The van der Waals surface area contributed by atoms with Crippen molar-refractivity contribution in [1.29, 1.82) is 0 Å². The number of aromatic nitrogens is 3. The van der Waals surface area contributed by atoms with Crippen molar-refractivity contribution < 1.29 is 0 Å². The molecule has 0 aliphatic rings. The van der Waals surface area contributed by atoms with Crippen LogP contribution in [0.15, 0.2) is 53.1 Å². The molecule has 2 heterocycles. The third kappa shape index (κ3) is 6.15. The monoisotopic (exact) mass is 410 g/mol. The smallest absolute Gasteiger partial charge is 0.191 e. The molecule has 6 nitrogen and oxygen atoms in total. The summed E-state index contributed by atoms with van der Waals surface area (Å²) in [5.41, 5.74) is 3.55. The Morgan fingerprint density at radius 2 is 1.97 bits per heavy atom. The normalized spacial score (nSPS) is 12.2. The number of thiazole rings is 1. The van der Waals surface area contributed by atoms with E-state index in [1.54, 1.807) is 17.5 Å². The van der Waals surface area contributed by atoms with Gasteiger partial charge in [-0.2, -0.15) is 5.10 Å². The van der Waals surface area contributed by atoms with E-state index in [2.05, 4.69) is 78.1 Å². The number of guanidine groups is 1. The first-order valence-electron chi connectivity index (χ1n) is 10.0. The highest BCUT2D eigenvalue weighted by molar-refractivity contribution is 7.09. The number of aliphatic imine (C=N–C) groups is 1. The van der Waals surface area contributed by atoms with Crippen molar-refractivity contribution in [2.75, 3.05) is 13.1 Å². The van der Waals surface area contributed by atoms with Crippen LogP contribution >= 0.6 is 11.3 Å². The van der Waals surface area contributed by atoms with E-state index in [9.17, 15) is 0 Å². The van der Waals surface area contributed by atoms with E-state index in [0.717, 1.165) is 41.9 Å². The van der Waals surface area contributed by atoms with E-state index in [4.69, 9.17) is 4.98 Å². The van der Waals surface area contributed by atoms with E-state index in [1.165, 1.54) is 5.56 Å². The summed E-state index contributed by atoms with van der Waals surface area (Å²) in [6.45, 7) is 10.9. The van der Waals surface area contributed by atoms with Gasteiger partial charge in [-0.3, -0.25) is 0 Å². The van der Waals surface area contributed by atoms with Crippen molar-refractivity contribution in [3.8, 4) is 5.69 Å². The van der Waals surface area contributed by atoms with Crippen molar-refractivity contribution in [3.05, 3.63) is 64.4 Å². The molecule has 2 N–H and O–H groups in total. The molecule has 0 radical (unpaired) electrons. The zero-order chi connectivity index (χ0) is 20.7. The van der Waals surface area contributed by atoms with Gasteiger partial charge in [-0.15, -0.1) is 11.3 Å². The van der Waals surface area contributed by atoms with Gasteiger partial charge in [0.2, 0.25) is 0 Å². The standard InChI is InChI=1S/C22H30N6S/c1-5-23-21(25-15-20-27-19(16-29-20)22(2,3)4)24-13-11-17-7-9-18(10-8-17)28-14-6-12-26-28/h6-10,12,14,16H,5,11,13,15H2,1-4H3,(H2,23,24,25). The van der Waals surface area contributed by atoms with Crippen molar-refractivity contribution in [1.82, 2.24) is 25.4 Å². The summed E-state index contributed by atoms with van der Waals surface area (Å²) in [6, 6.07) is 10.4. The summed E-state index contributed by atoms with van der Waals surface area (Å²) in [6.07, 6.45) is 4.66. The Kier molecular flexibility index (Phi) is 7.04. The van der Waals surface area contributed by atoms with Crippen LogP contribution in [-0.2, 0) is 18.4 Å². The van der Waals surface area contributed by atoms with Gasteiger partial charge in [0.25, 0.3) is 0 Å². The number of rotatable bonds is 7. The number of benzene rings is 1. The minimum Gasteiger partial charge on any atom is -0.357 e. The molecule has 0 saturated heterocycles. The minimum absolute atomic E-state index is 0.0776. The van der Waals surface area contributed by atoms with Crippen molar-refractivity contribution in [3.63, 3.8) is 0 Å². The molecule has 0 fully saturated rings. The predicted molar refractivity (Wildman–Crippen MR) is 121 cm³/mol. The summed E-state index contributed by atoms with van der Waals surface area (Å²) in [4.78, 5) is 9.41. The Morgan fingerprint density at radius 3 is 2.59 bits per heavy atom. The predicted octanol–water partition coefficient (Wildman–Crippen LogP) is 3.92. The van der Waals surface area contributed by atoms with E-state index in [0.29, 0.717) is 6.54 Å².